The average Bonchev–Trinajstić information content (AvgIpc) is 1.91. The average molecular weight is 132 g/mol. The fourth-order valence-corrected chi connectivity index (χ4v) is 0.236. The number of aliphatic hydroxyl groups is 2. The molecule has 0 atom stereocenters. The first kappa shape index (κ1) is 11.5. The van der Waals surface area contributed by atoms with Gasteiger partial charge in [-0.05, 0) is 13.3 Å². The van der Waals surface area contributed by atoms with Gasteiger partial charge in [0.2, 0.25) is 0 Å². The molecule has 56 valence electrons. The summed E-state index contributed by atoms with van der Waals surface area (Å²) in [7, 11) is 0. The number of aliphatic hydroxyl groups excluding tert-OH is 2. The van der Waals surface area contributed by atoms with Crippen molar-refractivity contribution >= 4 is 0 Å². The quantitative estimate of drug-likeness (QED) is 0.549. The Morgan fingerprint density at radius 2 is 1.67 bits per heavy atom. The first-order valence-electron chi connectivity index (χ1n) is 3.16. The van der Waals surface area contributed by atoms with E-state index in [1.54, 1.807) is 0 Å². The Balaban J connectivity index is 0. The maximum atomic E-state index is 7.62. The van der Waals surface area contributed by atoms with Crippen molar-refractivity contribution in [2.45, 2.75) is 20.3 Å². The van der Waals surface area contributed by atoms with Gasteiger partial charge in [0, 0.05) is 0 Å². The van der Waals surface area contributed by atoms with E-state index >= 15 is 0 Å². The monoisotopic (exact) mass is 132 g/mol. The Kier molecular flexibility index (Phi) is 19.9. The highest BCUT2D eigenvalue weighted by molar-refractivity contribution is 4.73. The van der Waals surface area contributed by atoms with Gasteiger partial charge in [0.05, 0.1) is 13.2 Å². The number of hydrogen-bond acceptors (Lipinski definition) is 2. The third-order valence-corrected chi connectivity index (χ3v) is 0.571. The zero-order chi connectivity index (χ0) is 7.54. The molecule has 2 heteroatoms. The minimum Gasteiger partial charge on any atom is -0.394 e. The van der Waals surface area contributed by atoms with Gasteiger partial charge >= 0.3 is 0 Å². The Bertz CT molecular complexity index is 48.9. The summed E-state index contributed by atoms with van der Waals surface area (Å²) in [4.78, 5) is 0. The van der Waals surface area contributed by atoms with Crippen LogP contribution in [0.25, 0.3) is 0 Å². The second-order valence-electron chi connectivity index (χ2n) is 1.42. The van der Waals surface area contributed by atoms with E-state index in [9.17, 15) is 0 Å². The predicted octanol–water partition coefficient (Wildman–Crippen LogP) is 0.944. The molecule has 0 aromatic rings. The second kappa shape index (κ2) is 15.6. The van der Waals surface area contributed by atoms with E-state index in [0.29, 0.717) is 0 Å². The summed E-state index contributed by atoms with van der Waals surface area (Å²) in [6, 6.07) is 0. The van der Waals surface area contributed by atoms with Crippen LogP contribution in [0.15, 0.2) is 12.2 Å². The van der Waals surface area contributed by atoms with Gasteiger partial charge in [0.1, 0.15) is 0 Å². The Morgan fingerprint density at radius 1 is 1.22 bits per heavy atom. The largest absolute Gasteiger partial charge is 0.394 e. The van der Waals surface area contributed by atoms with Crippen LogP contribution in [0.1, 0.15) is 20.3 Å². The molecule has 0 saturated heterocycles. The van der Waals surface area contributed by atoms with Crippen molar-refractivity contribution in [2.75, 3.05) is 13.2 Å². The van der Waals surface area contributed by atoms with Crippen LogP contribution in [0, 0.1) is 0 Å². The first-order chi connectivity index (χ1) is 4.33. The second-order valence-corrected chi connectivity index (χ2v) is 1.42. The molecule has 0 aromatic carbocycles. The molecule has 0 unspecified atom stereocenters. The highest BCUT2D eigenvalue weighted by Crippen LogP contribution is 1.73. The topological polar surface area (TPSA) is 40.5 Å². The van der Waals surface area contributed by atoms with Gasteiger partial charge in [-0.25, -0.2) is 0 Å². The van der Waals surface area contributed by atoms with Crippen LogP contribution in [-0.2, 0) is 0 Å². The van der Waals surface area contributed by atoms with Crippen LogP contribution < -0.4 is 0 Å². The molecule has 2 N–H and O–H groups in total. The van der Waals surface area contributed by atoms with Crippen LogP contribution >= 0.6 is 0 Å². The Hall–Kier alpha value is -0.340. The van der Waals surface area contributed by atoms with Crippen LogP contribution in [0.5, 0.6) is 0 Å². The SMILES string of the molecule is C/C=C/CC.OCCO. The van der Waals surface area contributed by atoms with E-state index in [4.69, 9.17) is 10.2 Å². The molecule has 0 bridgehead atoms. The minimum atomic E-state index is -0.125. The van der Waals surface area contributed by atoms with Gasteiger partial charge < -0.3 is 10.2 Å². The molecule has 0 aromatic heterocycles. The molecule has 0 aliphatic carbocycles. The molecule has 0 aliphatic heterocycles. The van der Waals surface area contributed by atoms with Gasteiger partial charge in [-0.2, -0.15) is 0 Å². The van der Waals surface area contributed by atoms with Gasteiger partial charge in [-0.15, -0.1) is 0 Å². The third-order valence-electron chi connectivity index (χ3n) is 0.571. The summed E-state index contributed by atoms with van der Waals surface area (Å²) >= 11 is 0. The standard InChI is InChI=1S/C5H10.C2H6O2/c1-3-5-4-2;3-1-2-4/h3,5H,4H2,1-2H3;3-4H,1-2H2/b5-3+;. The van der Waals surface area contributed by atoms with E-state index in [0.717, 1.165) is 6.42 Å². The lowest BCUT2D eigenvalue weighted by Crippen LogP contribution is -1.85. The van der Waals surface area contributed by atoms with Crippen molar-refractivity contribution in [1.82, 2.24) is 0 Å². The van der Waals surface area contributed by atoms with E-state index in [1.807, 2.05) is 6.92 Å². The molecule has 0 fully saturated rings. The van der Waals surface area contributed by atoms with Crippen molar-refractivity contribution in [3.05, 3.63) is 12.2 Å². The molecule has 0 rings (SSSR count). The fraction of sp³-hybridized carbons (Fsp3) is 0.714. The summed E-state index contributed by atoms with van der Waals surface area (Å²) in [6.07, 6.45) is 5.34. The number of hydrogen-bond donors (Lipinski definition) is 2. The zero-order valence-corrected chi connectivity index (χ0v) is 6.17. The highest BCUT2D eigenvalue weighted by Gasteiger charge is 1.58. The van der Waals surface area contributed by atoms with Crippen LogP contribution in [-0.4, -0.2) is 23.4 Å². The van der Waals surface area contributed by atoms with Crippen molar-refractivity contribution < 1.29 is 10.2 Å². The third kappa shape index (κ3) is 34.7. The van der Waals surface area contributed by atoms with E-state index in [1.165, 1.54) is 0 Å². The predicted molar refractivity (Wildman–Crippen MR) is 39.3 cm³/mol. The fourth-order valence-electron chi connectivity index (χ4n) is 0.236. The molecule has 0 saturated carbocycles. The zero-order valence-electron chi connectivity index (χ0n) is 6.17. The lowest BCUT2D eigenvalue weighted by Gasteiger charge is -1.70. The normalized spacial score (nSPS) is 8.89. The van der Waals surface area contributed by atoms with Crippen molar-refractivity contribution in [1.29, 1.82) is 0 Å². The molecule has 0 amide bonds. The van der Waals surface area contributed by atoms with Crippen LogP contribution in [0.2, 0.25) is 0 Å². The maximum Gasteiger partial charge on any atom is 0.0662 e. The molecule has 0 radical (unpaired) electrons. The number of rotatable bonds is 2. The lowest BCUT2D eigenvalue weighted by atomic mass is 10.4. The van der Waals surface area contributed by atoms with Crippen molar-refractivity contribution in [3.8, 4) is 0 Å². The summed E-state index contributed by atoms with van der Waals surface area (Å²) in [5, 5.41) is 15.2. The molecular formula is C7H16O2. The first-order valence-corrected chi connectivity index (χ1v) is 3.16. The minimum absolute atomic E-state index is 0.125. The van der Waals surface area contributed by atoms with Gasteiger partial charge in [-0.3, -0.25) is 0 Å². The number of allylic oxidation sites excluding steroid dienone is 2. The van der Waals surface area contributed by atoms with Gasteiger partial charge in [0.15, 0.2) is 0 Å². The highest BCUT2D eigenvalue weighted by atomic mass is 16.3. The molecule has 0 aliphatic rings. The maximum absolute atomic E-state index is 7.62. The molecule has 0 spiro atoms. The van der Waals surface area contributed by atoms with E-state index < -0.39 is 0 Å². The van der Waals surface area contributed by atoms with E-state index in [2.05, 4.69) is 19.1 Å². The molecular weight excluding hydrogens is 116 g/mol. The summed E-state index contributed by atoms with van der Waals surface area (Å²) < 4.78 is 0. The molecule has 0 heterocycles. The summed E-state index contributed by atoms with van der Waals surface area (Å²) in [5.74, 6) is 0. The Morgan fingerprint density at radius 3 is 1.67 bits per heavy atom. The smallest absolute Gasteiger partial charge is 0.0662 e. The van der Waals surface area contributed by atoms with Crippen LogP contribution in [0.4, 0.5) is 0 Å². The summed E-state index contributed by atoms with van der Waals surface area (Å²) in [5.41, 5.74) is 0. The molecule has 9 heavy (non-hydrogen) atoms. The van der Waals surface area contributed by atoms with Crippen molar-refractivity contribution in [3.63, 3.8) is 0 Å². The lowest BCUT2D eigenvalue weighted by molar-refractivity contribution is 0.186. The van der Waals surface area contributed by atoms with Crippen LogP contribution in [0.3, 0.4) is 0 Å². The summed E-state index contributed by atoms with van der Waals surface area (Å²) in [6.45, 7) is 3.91. The van der Waals surface area contributed by atoms with Gasteiger partial charge in [0.25, 0.3) is 0 Å². The Labute approximate surface area is 56.8 Å². The van der Waals surface area contributed by atoms with Crippen molar-refractivity contribution in [2.24, 2.45) is 0 Å². The molecule has 2 nitrogen and oxygen atoms in total. The van der Waals surface area contributed by atoms with Gasteiger partial charge in [-0.1, -0.05) is 19.1 Å². The van der Waals surface area contributed by atoms with E-state index in [-0.39, 0.29) is 13.2 Å².